The van der Waals surface area contributed by atoms with Crippen molar-refractivity contribution in [2.45, 2.75) is 78.2 Å². The van der Waals surface area contributed by atoms with Crippen LogP contribution in [0.25, 0.3) is 0 Å². The third-order valence-electron chi connectivity index (χ3n) is 6.16. The van der Waals surface area contributed by atoms with E-state index in [1.54, 1.807) is 0 Å². The lowest BCUT2D eigenvalue weighted by molar-refractivity contribution is 0.0356. The van der Waals surface area contributed by atoms with Crippen LogP contribution in [-0.4, -0.2) is 23.4 Å². The number of aliphatic hydroxyl groups is 1. The summed E-state index contributed by atoms with van der Waals surface area (Å²) in [5.74, 6) is 1.10. The van der Waals surface area contributed by atoms with Crippen LogP contribution >= 0.6 is 0 Å². The zero-order valence-electron chi connectivity index (χ0n) is 21.5. The van der Waals surface area contributed by atoms with Gasteiger partial charge in [-0.05, 0) is 77.3 Å². The van der Waals surface area contributed by atoms with Crippen LogP contribution in [0.4, 0.5) is 0 Å². The number of ether oxygens (including phenoxy) is 2. The zero-order chi connectivity index (χ0) is 25.0. The summed E-state index contributed by atoms with van der Waals surface area (Å²) in [7, 11) is 0. The van der Waals surface area contributed by atoms with Crippen molar-refractivity contribution in [2.24, 2.45) is 5.73 Å². The molecule has 4 heteroatoms. The summed E-state index contributed by atoms with van der Waals surface area (Å²) in [4.78, 5) is 0. The normalized spacial score (nSPS) is 13.7. The molecule has 0 aliphatic carbocycles. The minimum absolute atomic E-state index is 0.0580. The molecule has 2 unspecified atom stereocenters. The lowest BCUT2D eigenvalue weighted by Gasteiger charge is -2.40. The van der Waals surface area contributed by atoms with Gasteiger partial charge in [-0.3, -0.25) is 0 Å². The van der Waals surface area contributed by atoms with Crippen molar-refractivity contribution in [3.63, 3.8) is 0 Å². The van der Waals surface area contributed by atoms with Crippen LogP contribution in [0.3, 0.4) is 0 Å². The van der Waals surface area contributed by atoms with E-state index in [2.05, 4.69) is 19.1 Å². The fraction of sp³-hybridized carbons (Fsp3) is 0.400. The highest BCUT2D eigenvalue weighted by Crippen LogP contribution is 2.46. The Morgan fingerprint density at radius 2 is 1.15 bits per heavy atom. The van der Waals surface area contributed by atoms with Crippen LogP contribution in [0.1, 0.15) is 68.4 Å². The van der Waals surface area contributed by atoms with Gasteiger partial charge < -0.3 is 20.3 Å². The van der Waals surface area contributed by atoms with Gasteiger partial charge in [0, 0.05) is 17.2 Å². The second-order valence-electron chi connectivity index (χ2n) is 9.82. The van der Waals surface area contributed by atoms with Gasteiger partial charge in [0.15, 0.2) is 0 Å². The molecule has 3 N–H and O–H groups in total. The average Bonchev–Trinajstić information content (AvgIpc) is 2.80. The molecule has 0 saturated carbocycles. The molecule has 0 aromatic heterocycles. The fourth-order valence-electron chi connectivity index (χ4n) is 4.43. The number of hydrogen-bond donors (Lipinski definition) is 2. The molecule has 0 saturated heterocycles. The van der Waals surface area contributed by atoms with Crippen molar-refractivity contribution in [2.75, 3.05) is 0 Å². The smallest absolute Gasteiger partial charge is 0.137 e. The lowest BCUT2D eigenvalue weighted by Crippen LogP contribution is -2.50. The summed E-state index contributed by atoms with van der Waals surface area (Å²) in [6.07, 6.45) is -0.116. The first kappa shape index (κ1) is 25.8. The minimum atomic E-state index is -1.57. The van der Waals surface area contributed by atoms with E-state index in [9.17, 15) is 5.11 Å². The van der Waals surface area contributed by atoms with Gasteiger partial charge in [0.25, 0.3) is 0 Å². The van der Waals surface area contributed by atoms with E-state index in [1.807, 2.05) is 96.1 Å². The molecule has 0 fully saturated rings. The van der Waals surface area contributed by atoms with Crippen LogP contribution in [0, 0.1) is 13.8 Å². The van der Waals surface area contributed by atoms with Crippen LogP contribution in [-0.2, 0) is 5.60 Å². The quantitative estimate of drug-likeness (QED) is 0.396. The van der Waals surface area contributed by atoms with Gasteiger partial charge in [0.1, 0.15) is 17.1 Å². The lowest BCUT2D eigenvalue weighted by atomic mass is 9.73. The van der Waals surface area contributed by atoms with Crippen molar-refractivity contribution in [1.29, 1.82) is 0 Å². The Morgan fingerprint density at radius 1 is 0.706 bits per heavy atom. The summed E-state index contributed by atoms with van der Waals surface area (Å²) in [6.45, 7) is 14.0. The van der Waals surface area contributed by atoms with Gasteiger partial charge in [0.2, 0.25) is 0 Å². The number of benzene rings is 3. The molecule has 0 spiro atoms. The van der Waals surface area contributed by atoms with Crippen molar-refractivity contribution < 1.29 is 14.6 Å². The van der Waals surface area contributed by atoms with Gasteiger partial charge >= 0.3 is 0 Å². The molecular weight excluding hydrogens is 422 g/mol. The molecule has 0 amide bonds. The van der Waals surface area contributed by atoms with Crippen LogP contribution in [0.15, 0.2) is 66.7 Å². The molecule has 182 valence electrons. The molecule has 4 nitrogen and oxygen atoms in total. The molecule has 0 aliphatic heterocycles. The molecule has 2 atom stereocenters. The Hall–Kier alpha value is -2.82. The molecule has 0 radical (unpaired) electrons. The number of aryl methyl sites for hydroxylation is 2. The summed E-state index contributed by atoms with van der Waals surface area (Å²) in [6, 6.07) is 21.2. The maximum Gasteiger partial charge on any atom is 0.137 e. The molecular formula is C30H39NO3. The third-order valence-corrected chi connectivity index (χ3v) is 6.16. The van der Waals surface area contributed by atoms with E-state index in [4.69, 9.17) is 15.2 Å². The van der Waals surface area contributed by atoms with E-state index < -0.39 is 11.6 Å². The average molecular weight is 462 g/mol. The summed E-state index contributed by atoms with van der Waals surface area (Å²) in [5.41, 5.74) is 9.86. The maximum atomic E-state index is 12.8. The largest absolute Gasteiger partial charge is 0.491 e. The second-order valence-corrected chi connectivity index (χ2v) is 9.82. The summed E-state index contributed by atoms with van der Waals surface area (Å²) < 4.78 is 12.4. The van der Waals surface area contributed by atoms with Gasteiger partial charge in [0.05, 0.1) is 12.2 Å². The molecule has 3 aromatic carbocycles. The van der Waals surface area contributed by atoms with Gasteiger partial charge in [-0.15, -0.1) is 0 Å². The Balaban J connectivity index is 2.32. The van der Waals surface area contributed by atoms with Crippen LogP contribution < -0.4 is 15.2 Å². The topological polar surface area (TPSA) is 64.7 Å². The molecule has 0 heterocycles. The molecule has 0 aliphatic rings. The first-order chi connectivity index (χ1) is 16.0. The zero-order valence-corrected chi connectivity index (χ0v) is 21.5. The van der Waals surface area contributed by atoms with E-state index in [0.717, 1.165) is 16.7 Å². The highest BCUT2D eigenvalue weighted by atomic mass is 16.5. The Kier molecular flexibility index (Phi) is 8.06. The Labute approximate surface area is 204 Å². The third kappa shape index (κ3) is 5.45. The summed E-state index contributed by atoms with van der Waals surface area (Å²) in [5, 5.41) is 12.8. The highest BCUT2D eigenvalue weighted by molar-refractivity contribution is 5.54. The van der Waals surface area contributed by atoms with Crippen LogP contribution in [0.5, 0.6) is 11.5 Å². The van der Waals surface area contributed by atoms with Crippen LogP contribution in [0.2, 0.25) is 0 Å². The molecule has 3 rings (SSSR count). The highest BCUT2D eigenvalue weighted by Gasteiger charge is 2.45. The first-order valence-electron chi connectivity index (χ1n) is 12.1. The van der Waals surface area contributed by atoms with E-state index in [-0.39, 0.29) is 18.1 Å². The Bertz CT molecular complexity index is 1030. The predicted octanol–water partition coefficient (Wildman–Crippen LogP) is 6.24. The minimum Gasteiger partial charge on any atom is -0.491 e. The second kappa shape index (κ2) is 10.6. The monoisotopic (exact) mass is 461 g/mol. The van der Waals surface area contributed by atoms with Crippen molar-refractivity contribution in [3.8, 4) is 11.5 Å². The van der Waals surface area contributed by atoms with E-state index >= 15 is 0 Å². The van der Waals surface area contributed by atoms with Crippen molar-refractivity contribution in [1.82, 2.24) is 0 Å². The van der Waals surface area contributed by atoms with Gasteiger partial charge in [-0.1, -0.05) is 60.5 Å². The van der Waals surface area contributed by atoms with Crippen molar-refractivity contribution >= 4 is 0 Å². The molecule has 0 bridgehead atoms. The first-order valence-corrected chi connectivity index (χ1v) is 12.1. The summed E-state index contributed by atoms with van der Waals surface area (Å²) >= 11 is 0. The number of hydrogen-bond acceptors (Lipinski definition) is 4. The van der Waals surface area contributed by atoms with E-state index in [1.165, 1.54) is 0 Å². The predicted molar refractivity (Wildman–Crippen MR) is 140 cm³/mol. The Morgan fingerprint density at radius 3 is 1.56 bits per heavy atom. The van der Waals surface area contributed by atoms with Gasteiger partial charge in [-0.25, -0.2) is 0 Å². The van der Waals surface area contributed by atoms with E-state index in [0.29, 0.717) is 22.6 Å². The van der Waals surface area contributed by atoms with Crippen molar-refractivity contribution in [3.05, 3.63) is 94.5 Å². The molecule has 34 heavy (non-hydrogen) atoms. The number of rotatable bonds is 9. The fourth-order valence-corrected chi connectivity index (χ4v) is 4.43. The number of nitrogens with two attached hydrogens (primary N) is 1. The standard InChI is InChI=1S/C30H39NO3/c1-19(2)33-27-15-13-21(5)17-25(27)30(32,29(31)23(7)24-11-9-8-10-12-24)26-18-22(6)14-16-28(26)34-20(3)4/h8-20,23,29,32H,31H2,1-7H3. The SMILES string of the molecule is Cc1ccc(OC(C)C)c(C(O)(c2cc(C)ccc2OC(C)C)C(N)C(C)c2ccccc2)c1. The maximum absolute atomic E-state index is 12.8. The molecule has 3 aromatic rings. The van der Waals surface area contributed by atoms with Gasteiger partial charge in [-0.2, -0.15) is 0 Å².